The summed E-state index contributed by atoms with van der Waals surface area (Å²) in [4.78, 5) is 12.0. The number of carboxylic acids is 1. The summed E-state index contributed by atoms with van der Waals surface area (Å²) < 4.78 is 16.2. The molecule has 3 rings (SSSR count). The topological polar surface area (TPSA) is 68.9 Å². The van der Waals surface area contributed by atoms with Crippen molar-refractivity contribution in [3.05, 3.63) is 41.9 Å². The first-order valence-corrected chi connectivity index (χ1v) is 7.05. The SMILES string of the molecule is O=C(O)c1ccoc1CSc1ccc2c(c1)OCCO2. The molecule has 0 unspecified atom stereocenters. The van der Waals surface area contributed by atoms with Crippen LogP contribution in [0.3, 0.4) is 0 Å². The average Bonchev–Trinajstić information content (AvgIpc) is 2.93. The first kappa shape index (κ1) is 12.9. The Bertz CT molecular complexity index is 634. The minimum atomic E-state index is -0.975. The standard InChI is InChI=1S/C14H12O5S/c15-14(16)10-3-4-17-13(10)8-20-9-1-2-11-12(7-9)19-6-5-18-11/h1-4,7H,5-6,8H2,(H,15,16). The largest absolute Gasteiger partial charge is 0.486 e. The third kappa shape index (κ3) is 2.60. The Balaban J connectivity index is 1.72. The van der Waals surface area contributed by atoms with Crippen molar-refractivity contribution in [3.8, 4) is 11.5 Å². The quantitative estimate of drug-likeness (QED) is 0.873. The van der Waals surface area contributed by atoms with E-state index in [0.29, 0.717) is 24.7 Å². The minimum absolute atomic E-state index is 0.204. The molecule has 0 amide bonds. The van der Waals surface area contributed by atoms with Gasteiger partial charge in [-0.2, -0.15) is 0 Å². The Morgan fingerprint density at radius 2 is 2.00 bits per heavy atom. The average molecular weight is 292 g/mol. The van der Waals surface area contributed by atoms with Crippen molar-refractivity contribution in [2.45, 2.75) is 10.6 Å². The van der Waals surface area contributed by atoms with Crippen LogP contribution in [0, 0.1) is 0 Å². The van der Waals surface area contributed by atoms with Crippen LogP contribution in [0.2, 0.25) is 0 Å². The zero-order chi connectivity index (χ0) is 13.9. The second-order valence-electron chi connectivity index (χ2n) is 4.16. The van der Waals surface area contributed by atoms with Gasteiger partial charge in [-0.05, 0) is 24.3 Å². The lowest BCUT2D eigenvalue weighted by Gasteiger charge is -2.18. The third-order valence-corrected chi connectivity index (χ3v) is 3.85. The molecule has 1 N–H and O–H groups in total. The van der Waals surface area contributed by atoms with Crippen LogP contribution in [0.15, 0.2) is 39.8 Å². The number of aromatic carboxylic acids is 1. The van der Waals surface area contributed by atoms with E-state index in [1.807, 2.05) is 18.2 Å². The number of fused-ring (bicyclic) bond motifs is 1. The summed E-state index contributed by atoms with van der Waals surface area (Å²) in [6.07, 6.45) is 1.39. The molecule has 0 aliphatic carbocycles. The van der Waals surface area contributed by atoms with Gasteiger partial charge >= 0.3 is 5.97 Å². The van der Waals surface area contributed by atoms with Crippen molar-refractivity contribution >= 4 is 17.7 Å². The molecule has 0 radical (unpaired) electrons. The predicted molar refractivity (Wildman–Crippen MR) is 72.7 cm³/mol. The molecule has 0 bridgehead atoms. The number of carboxylic acid groups (broad SMARTS) is 1. The van der Waals surface area contributed by atoms with Crippen LogP contribution in [-0.2, 0) is 5.75 Å². The summed E-state index contributed by atoms with van der Waals surface area (Å²) in [5.41, 5.74) is 0.204. The number of ether oxygens (including phenoxy) is 2. The van der Waals surface area contributed by atoms with E-state index in [2.05, 4.69) is 0 Å². The van der Waals surface area contributed by atoms with Gasteiger partial charge in [-0.1, -0.05) is 0 Å². The summed E-state index contributed by atoms with van der Waals surface area (Å²) in [7, 11) is 0. The molecule has 0 saturated heterocycles. The number of benzene rings is 1. The fraction of sp³-hybridized carbons (Fsp3) is 0.214. The van der Waals surface area contributed by atoms with Gasteiger partial charge in [0.25, 0.3) is 0 Å². The predicted octanol–water partition coefficient (Wildman–Crippen LogP) is 3.04. The molecule has 104 valence electrons. The fourth-order valence-electron chi connectivity index (χ4n) is 1.91. The minimum Gasteiger partial charge on any atom is -0.486 e. The molecule has 1 aromatic heterocycles. The highest BCUT2D eigenvalue weighted by molar-refractivity contribution is 7.98. The van der Waals surface area contributed by atoms with Gasteiger partial charge in [0.2, 0.25) is 0 Å². The van der Waals surface area contributed by atoms with Crippen molar-refractivity contribution in [2.75, 3.05) is 13.2 Å². The van der Waals surface area contributed by atoms with Gasteiger partial charge in [0.05, 0.1) is 12.0 Å². The molecular formula is C14H12O5S. The molecule has 6 heteroatoms. The Morgan fingerprint density at radius 3 is 2.80 bits per heavy atom. The van der Waals surface area contributed by atoms with Gasteiger partial charge in [0.15, 0.2) is 11.5 Å². The van der Waals surface area contributed by atoms with E-state index in [-0.39, 0.29) is 5.56 Å². The highest BCUT2D eigenvalue weighted by Crippen LogP contribution is 2.35. The lowest BCUT2D eigenvalue weighted by Crippen LogP contribution is -2.15. The van der Waals surface area contributed by atoms with Crippen molar-refractivity contribution in [1.82, 2.24) is 0 Å². The highest BCUT2D eigenvalue weighted by Gasteiger charge is 2.15. The number of furan rings is 1. The summed E-state index contributed by atoms with van der Waals surface area (Å²) in [6, 6.07) is 7.13. The van der Waals surface area contributed by atoms with E-state index >= 15 is 0 Å². The number of thioether (sulfide) groups is 1. The Morgan fingerprint density at radius 1 is 1.20 bits per heavy atom. The molecular weight excluding hydrogens is 280 g/mol. The molecule has 1 aliphatic rings. The maximum absolute atomic E-state index is 11.0. The molecule has 0 atom stereocenters. The van der Waals surface area contributed by atoms with Crippen molar-refractivity contribution in [1.29, 1.82) is 0 Å². The molecule has 20 heavy (non-hydrogen) atoms. The van der Waals surface area contributed by atoms with E-state index in [1.165, 1.54) is 24.1 Å². The Kier molecular flexibility index (Phi) is 3.56. The van der Waals surface area contributed by atoms with E-state index in [0.717, 1.165) is 16.4 Å². The smallest absolute Gasteiger partial charge is 0.339 e. The van der Waals surface area contributed by atoms with Gasteiger partial charge in [-0.25, -0.2) is 4.79 Å². The van der Waals surface area contributed by atoms with Crippen LogP contribution >= 0.6 is 11.8 Å². The zero-order valence-electron chi connectivity index (χ0n) is 10.5. The molecule has 2 heterocycles. The summed E-state index contributed by atoms with van der Waals surface area (Å²) in [5.74, 6) is 1.40. The van der Waals surface area contributed by atoms with E-state index in [1.54, 1.807) is 0 Å². The Hall–Kier alpha value is -2.08. The maximum Gasteiger partial charge on any atom is 0.339 e. The molecule has 2 aromatic rings. The third-order valence-electron chi connectivity index (χ3n) is 2.86. The van der Waals surface area contributed by atoms with Crippen LogP contribution in [0.4, 0.5) is 0 Å². The maximum atomic E-state index is 11.0. The normalized spacial score (nSPS) is 13.2. The first-order valence-electron chi connectivity index (χ1n) is 6.06. The van der Waals surface area contributed by atoms with E-state index in [9.17, 15) is 4.79 Å². The van der Waals surface area contributed by atoms with E-state index < -0.39 is 5.97 Å². The van der Waals surface area contributed by atoms with Crippen molar-refractivity contribution in [3.63, 3.8) is 0 Å². The van der Waals surface area contributed by atoms with Gasteiger partial charge in [0, 0.05) is 4.90 Å². The van der Waals surface area contributed by atoms with Crippen LogP contribution in [-0.4, -0.2) is 24.3 Å². The number of hydrogen-bond acceptors (Lipinski definition) is 5. The van der Waals surface area contributed by atoms with Crippen LogP contribution in [0.5, 0.6) is 11.5 Å². The monoisotopic (exact) mass is 292 g/mol. The van der Waals surface area contributed by atoms with E-state index in [4.69, 9.17) is 19.0 Å². The lowest BCUT2D eigenvalue weighted by atomic mass is 10.3. The number of carbonyl (C=O) groups is 1. The van der Waals surface area contributed by atoms with Gasteiger partial charge in [-0.15, -0.1) is 11.8 Å². The lowest BCUT2D eigenvalue weighted by molar-refractivity contribution is 0.0695. The van der Waals surface area contributed by atoms with Crippen LogP contribution in [0.25, 0.3) is 0 Å². The second kappa shape index (κ2) is 5.50. The summed E-state index contributed by atoms with van der Waals surface area (Å²) in [5, 5.41) is 9.00. The molecule has 1 aromatic carbocycles. The van der Waals surface area contributed by atoms with Crippen LogP contribution < -0.4 is 9.47 Å². The number of hydrogen-bond donors (Lipinski definition) is 1. The fourth-order valence-corrected chi connectivity index (χ4v) is 2.78. The zero-order valence-corrected chi connectivity index (χ0v) is 11.3. The summed E-state index contributed by atoms with van der Waals surface area (Å²) in [6.45, 7) is 1.11. The molecule has 0 spiro atoms. The first-order chi connectivity index (χ1) is 9.74. The summed E-state index contributed by atoms with van der Waals surface area (Å²) >= 11 is 1.49. The van der Waals surface area contributed by atoms with Crippen molar-refractivity contribution in [2.24, 2.45) is 0 Å². The van der Waals surface area contributed by atoms with Gasteiger partial charge < -0.3 is 19.0 Å². The molecule has 0 saturated carbocycles. The molecule has 0 fully saturated rings. The van der Waals surface area contributed by atoms with Crippen LogP contribution in [0.1, 0.15) is 16.1 Å². The highest BCUT2D eigenvalue weighted by atomic mass is 32.2. The van der Waals surface area contributed by atoms with Gasteiger partial charge in [0.1, 0.15) is 24.5 Å². The van der Waals surface area contributed by atoms with Crippen molar-refractivity contribution < 1.29 is 23.8 Å². The molecule has 5 nitrogen and oxygen atoms in total. The number of rotatable bonds is 4. The van der Waals surface area contributed by atoms with Gasteiger partial charge in [-0.3, -0.25) is 0 Å². The molecule has 1 aliphatic heterocycles. The second-order valence-corrected chi connectivity index (χ2v) is 5.21. The Labute approximate surface area is 119 Å².